The van der Waals surface area contributed by atoms with E-state index in [4.69, 9.17) is 4.74 Å². The number of hydrogen-bond acceptors (Lipinski definition) is 5. The van der Waals surface area contributed by atoms with Crippen LogP contribution < -0.4 is 5.32 Å². The number of unbranched alkanes of at least 4 members (excludes halogenated alkanes) is 1. The minimum atomic E-state index is -1.05. The minimum absolute atomic E-state index is 0.149. The Morgan fingerprint density at radius 2 is 1.50 bits per heavy atom. The third-order valence-electron chi connectivity index (χ3n) is 7.40. The molecule has 1 rings (SSSR count). The average Bonchev–Trinajstić information content (AvgIpc) is 2.87. The highest BCUT2D eigenvalue weighted by Gasteiger charge is 2.45. The molecule has 42 heavy (non-hydrogen) atoms. The minimum Gasteiger partial charge on any atom is -0.478 e. The van der Waals surface area contributed by atoms with Gasteiger partial charge < -0.3 is 20.1 Å². The van der Waals surface area contributed by atoms with E-state index < -0.39 is 52.5 Å². The summed E-state index contributed by atoms with van der Waals surface area (Å²) >= 11 is 0. The Kier molecular flexibility index (Phi) is 12.8. The Hall–Kier alpha value is -3.36. The zero-order chi connectivity index (χ0) is 32.6. The number of nitrogens with zero attached hydrogens (tertiary/aromatic N) is 2. The molecule has 2 N–H and O–H groups in total. The maximum atomic E-state index is 14.2. The van der Waals surface area contributed by atoms with Crippen LogP contribution >= 0.6 is 0 Å². The Morgan fingerprint density at radius 3 is 1.95 bits per heavy atom. The van der Waals surface area contributed by atoms with E-state index >= 15 is 0 Å². The molecule has 0 aliphatic carbocycles. The Labute approximate surface area is 252 Å². The van der Waals surface area contributed by atoms with Crippen LogP contribution in [0, 0.1) is 5.41 Å². The van der Waals surface area contributed by atoms with Crippen LogP contribution in [-0.4, -0.2) is 76.6 Å². The predicted molar refractivity (Wildman–Crippen MR) is 166 cm³/mol. The zero-order valence-electron chi connectivity index (χ0n) is 27.7. The lowest BCUT2D eigenvalue weighted by molar-refractivity contribution is -0.141. The van der Waals surface area contributed by atoms with Gasteiger partial charge in [-0.1, -0.05) is 90.8 Å². The van der Waals surface area contributed by atoms with Crippen molar-refractivity contribution in [1.82, 2.24) is 15.1 Å². The van der Waals surface area contributed by atoms with Crippen LogP contribution in [0.2, 0.25) is 0 Å². The Morgan fingerprint density at radius 1 is 0.952 bits per heavy atom. The number of nitrogens with one attached hydrogen (secondary N) is 1. The van der Waals surface area contributed by atoms with Crippen molar-refractivity contribution >= 4 is 23.9 Å². The number of aliphatic carboxylic acids is 1. The second-order valence-corrected chi connectivity index (χ2v) is 13.7. The second-order valence-electron chi connectivity index (χ2n) is 13.7. The van der Waals surface area contributed by atoms with Crippen molar-refractivity contribution in [3.8, 4) is 0 Å². The fourth-order valence-electron chi connectivity index (χ4n) is 4.85. The summed E-state index contributed by atoms with van der Waals surface area (Å²) in [6.45, 7) is 18.2. The Bertz CT molecular complexity index is 1110. The summed E-state index contributed by atoms with van der Waals surface area (Å²) in [5.74, 6) is -1.89. The van der Waals surface area contributed by atoms with E-state index in [-0.39, 0.29) is 11.5 Å². The lowest BCUT2D eigenvalue weighted by Crippen LogP contribution is -2.63. The summed E-state index contributed by atoms with van der Waals surface area (Å²) in [5.41, 5.74) is -1.35. The molecular formula is C33H53N3O6. The Balaban J connectivity index is 3.57. The maximum absolute atomic E-state index is 14.2. The van der Waals surface area contributed by atoms with Gasteiger partial charge in [-0.2, -0.15) is 0 Å². The molecule has 0 fully saturated rings. The maximum Gasteiger partial charge on any atom is 0.410 e. The summed E-state index contributed by atoms with van der Waals surface area (Å²) in [5, 5.41) is 12.4. The highest BCUT2D eigenvalue weighted by atomic mass is 16.6. The van der Waals surface area contributed by atoms with E-state index in [9.17, 15) is 24.3 Å². The van der Waals surface area contributed by atoms with Gasteiger partial charge in [-0.25, -0.2) is 9.59 Å². The molecule has 0 heterocycles. The monoisotopic (exact) mass is 587 g/mol. The largest absolute Gasteiger partial charge is 0.478 e. The molecule has 0 spiro atoms. The number of likely N-dealkylation sites (N-methyl/N-ethyl adjacent to an activating group) is 2. The SMILES string of the molecule is CCCC[C@@H](/C=C(\C)C(=O)O)N(C)C(=O)[C@@H](NC(=O)[C@@H](N(C)C(=O)OC(C)(C)C)C(C)(C)c1ccccc1)C(C)(C)C. The van der Waals surface area contributed by atoms with Crippen LogP contribution in [0.3, 0.4) is 0 Å². The van der Waals surface area contributed by atoms with Gasteiger partial charge in [0.25, 0.3) is 0 Å². The molecule has 0 radical (unpaired) electrons. The van der Waals surface area contributed by atoms with E-state index in [2.05, 4.69) is 5.32 Å². The van der Waals surface area contributed by atoms with Crippen LogP contribution in [0.1, 0.15) is 94.1 Å². The van der Waals surface area contributed by atoms with Crippen molar-refractivity contribution in [2.75, 3.05) is 14.1 Å². The lowest BCUT2D eigenvalue weighted by Gasteiger charge is -2.42. The number of carboxylic acids is 1. The van der Waals surface area contributed by atoms with E-state index in [1.54, 1.807) is 33.9 Å². The summed E-state index contributed by atoms with van der Waals surface area (Å²) in [6.07, 6.45) is 3.20. The van der Waals surface area contributed by atoms with E-state index in [1.807, 2.05) is 71.9 Å². The fraction of sp³-hybridized carbons (Fsp3) is 0.636. The summed E-state index contributed by atoms with van der Waals surface area (Å²) in [4.78, 5) is 55.9. The van der Waals surface area contributed by atoms with Gasteiger partial charge in [0.1, 0.15) is 17.7 Å². The van der Waals surface area contributed by atoms with E-state index in [0.29, 0.717) is 6.42 Å². The molecule has 0 unspecified atom stereocenters. The molecule has 0 saturated carbocycles. The van der Waals surface area contributed by atoms with Crippen molar-refractivity contribution in [3.05, 3.63) is 47.5 Å². The quantitative estimate of drug-likeness (QED) is 0.300. The fourth-order valence-corrected chi connectivity index (χ4v) is 4.85. The highest BCUT2D eigenvalue weighted by molar-refractivity contribution is 5.93. The standard InChI is InChI=1S/C33H53N3O6/c1-13-14-20-24(21-22(2)29(39)40)35(11)28(38)25(31(3,4)5)34-27(37)26(36(12)30(41)42-32(6,7)8)33(9,10)23-18-16-15-17-19-23/h15-19,21,24-26H,13-14,20H2,1-12H3,(H,34,37)(H,39,40)/b22-21+/t24-,25+,26+/m0/s1. The van der Waals surface area contributed by atoms with Crippen LogP contribution in [0.25, 0.3) is 0 Å². The molecule has 3 atom stereocenters. The van der Waals surface area contributed by atoms with Gasteiger partial charge in [0.2, 0.25) is 11.8 Å². The van der Waals surface area contributed by atoms with Gasteiger partial charge in [0.15, 0.2) is 0 Å². The number of carboxylic acid groups (broad SMARTS) is 1. The molecule has 1 aromatic rings. The highest BCUT2D eigenvalue weighted by Crippen LogP contribution is 2.32. The van der Waals surface area contributed by atoms with Gasteiger partial charge in [0.05, 0.1) is 6.04 Å². The van der Waals surface area contributed by atoms with Crippen LogP contribution in [0.5, 0.6) is 0 Å². The number of carbonyl (C=O) groups is 4. The van der Waals surface area contributed by atoms with Crippen LogP contribution in [-0.2, 0) is 24.5 Å². The van der Waals surface area contributed by atoms with Gasteiger partial charge in [-0.3, -0.25) is 14.5 Å². The third-order valence-corrected chi connectivity index (χ3v) is 7.40. The molecule has 9 heteroatoms. The molecule has 0 bridgehead atoms. The predicted octanol–water partition coefficient (Wildman–Crippen LogP) is 5.78. The molecular weight excluding hydrogens is 534 g/mol. The van der Waals surface area contributed by atoms with Crippen molar-refractivity contribution in [3.63, 3.8) is 0 Å². The summed E-state index contributed by atoms with van der Waals surface area (Å²) in [7, 11) is 3.17. The molecule has 0 saturated heterocycles. The molecule has 1 aromatic carbocycles. The molecule has 0 aromatic heterocycles. The number of hydrogen-bond donors (Lipinski definition) is 2. The van der Waals surface area contributed by atoms with Gasteiger partial charge >= 0.3 is 12.1 Å². The van der Waals surface area contributed by atoms with Crippen molar-refractivity contribution in [1.29, 1.82) is 0 Å². The zero-order valence-corrected chi connectivity index (χ0v) is 27.7. The van der Waals surface area contributed by atoms with Crippen molar-refractivity contribution in [2.24, 2.45) is 5.41 Å². The third kappa shape index (κ3) is 10.2. The number of carbonyl (C=O) groups excluding carboxylic acids is 3. The van der Waals surface area contributed by atoms with Gasteiger partial charge in [-0.05, 0) is 45.1 Å². The van der Waals surface area contributed by atoms with E-state index in [1.165, 1.54) is 23.8 Å². The lowest BCUT2D eigenvalue weighted by atomic mass is 9.76. The van der Waals surface area contributed by atoms with Crippen molar-refractivity contribution in [2.45, 2.75) is 118 Å². The number of ether oxygens (including phenoxy) is 1. The molecule has 0 aliphatic rings. The molecule has 0 aliphatic heterocycles. The topological polar surface area (TPSA) is 116 Å². The normalized spacial score (nSPS) is 14.8. The van der Waals surface area contributed by atoms with Crippen molar-refractivity contribution < 1.29 is 29.0 Å². The molecule has 9 nitrogen and oxygen atoms in total. The summed E-state index contributed by atoms with van der Waals surface area (Å²) in [6, 6.07) is 6.99. The average molecular weight is 588 g/mol. The second kappa shape index (κ2) is 14.7. The molecule has 3 amide bonds. The van der Waals surface area contributed by atoms with E-state index in [0.717, 1.165) is 18.4 Å². The number of benzene rings is 1. The number of rotatable bonds is 12. The first-order valence-corrected chi connectivity index (χ1v) is 14.6. The van der Waals surface area contributed by atoms with Crippen LogP contribution in [0.4, 0.5) is 4.79 Å². The first kappa shape index (κ1) is 36.7. The number of amides is 3. The van der Waals surface area contributed by atoms with Crippen LogP contribution in [0.15, 0.2) is 42.0 Å². The smallest absolute Gasteiger partial charge is 0.410 e. The van der Waals surface area contributed by atoms with Gasteiger partial charge in [-0.15, -0.1) is 0 Å². The molecule has 236 valence electrons. The van der Waals surface area contributed by atoms with Gasteiger partial charge in [0, 0.05) is 25.1 Å². The first-order valence-electron chi connectivity index (χ1n) is 14.6. The first-order chi connectivity index (χ1) is 19.1. The summed E-state index contributed by atoms with van der Waals surface area (Å²) < 4.78 is 5.62.